The Hall–Kier alpha value is -7.17. The monoisotopic (exact) mass is 693 g/mol. The lowest BCUT2D eigenvalue weighted by atomic mass is 9.95. The Morgan fingerprint density at radius 3 is 1.89 bits per heavy atom. The maximum Gasteiger partial charge on any atom is 0.145 e. The molecular weight excluding hydrogens is 659 g/mol. The molecule has 0 amide bonds. The minimum atomic E-state index is 0.0466. The van der Waals surface area contributed by atoms with Crippen LogP contribution in [0.5, 0.6) is 0 Å². The first kappa shape index (κ1) is 31.6. The number of benzene rings is 7. The second-order valence-electron chi connectivity index (χ2n) is 13.6. The molecule has 1 aliphatic heterocycles. The number of anilines is 3. The van der Waals surface area contributed by atoms with E-state index in [9.17, 15) is 0 Å². The summed E-state index contributed by atoms with van der Waals surface area (Å²) in [6.07, 6.45) is 8.36. The molecule has 1 unspecified atom stereocenters. The molecule has 10 rings (SSSR count). The van der Waals surface area contributed by atoms with Gasteiger partial charge >= 0.3 is 0 Å². The molecule has 0 radical (unpaired) electrons. The van der Waals surface area contributed by atoms with Gasteiger partial charge in [0.25, 0.3) is 0 Å². The summed E-state index contributed by atoms with van der Waals surface area (Å²) in [6.45, 7) is 0. The van der Waals surface area contributed by atoms with Crippen molar-refractivity contribution in [2.24, 2.45) is 4.99 Å². The average molecular weight is 694 g/mol. The zero-order valence-electron chi connectivity index (χ0n) is 29.4. The van der Waals surface area contributed by atoms with Gasteiger partial charge in [-0.25, -0.2) is 4.99 Å². The topological polar surface area (TPSA) is 40.8 Å². The molecule has 4 heteroatoms. The minimum absolute atomic E-state index is 0.0466. The van der Waals surface area contributed by atoms with Gasteiger partial charge in [0.2, 0.25) is 0 Å². The number of allylic oxidation sites excluding steroid dienone is 2. The molecule has 0 saturated carbocycles. The molecule has 0 spiro atoms. The lowest BCUT2D eigenvalue weighted by molar-refractivity contribution is 0.670. The van der Waals surface area contributed by atoms with Gasteiger partial charge in [-0.15, -0.1) is 0 Å². The van der Waals surface area contributed by atoms with E-state index in [1.165, 1.54) is 11.1 Å². The third kappa shape index (κ3) is 5.62. The highest BCUT2D eigenvalue weighted by molar-refractivity contribution is 6.17. The molecule has 1 aliphatic carbocycles. The maximum absolute atomic E-state index is 6.78. The molecule has 1 N–H and O–H groups in total. The van der Waals surface area contributed by atoms with Crippen molar-refractivity contribution in [2.75, 3.05) is 4.90 Å². The van der Waals surface area contributed by atoms with Crippen molar-refractivity contribution >= 4 is 56.1 Å². The van der Waals surface area contributed by atoms with Crippen LogP contribution in [0.25, 0.3) is 55.6 Å². The first-order valence-corrected chi connectivity index (χ1v) is 18.3. The predicted octanol–water partition coefficient (Wildman–Crippen LogP) is 12.8. The van der Waals surface area contributed by atoms with Crippen molar-refractivity contribution in [1.29, 1.82) is 0 Å². The van der Waals surface area contributed by atoms with Crippen LogP contribution in [0.3, 0.4) is 0 Å². The average Bonchev–Trinajstić information content (AvgIpc) is 3.65. The van der Waals surface area contributed by atoms with Gasteiger partial charge in [-0.05, 0) is 70.8 Å². The number of aliphatic imine (C=N–C) groups is 1. The van der Waals surface area contributed by atoms with Crippen LogP contribution >= 0.6 is 0 Å². The summed E-state index contributed by atoms with van der Waals surface area (Å²) in [5, 5.41) is 5.90. The highest BCUT2D eigenvalue weighted by Gasteiger charge is 2.25. The largest absolute Gasteiger partial charge is 0.455 e. The fourth-order valence-electron chi connectivity index (χ4n) is 7.67. The molecule has 8 aromatic rings. The molecular formula is C50H35N3O. The van der Waals surface area contributed by atoms with E-state index in [-0.39, 0.29) is 6.04 Å². The van der Waals surface area contributed by atoms with Gasteiger partial charge in [0.15, 0.2) is 0 Å². The number of furan rings is 1. The molecule has 2 aliphatic rings. The fourth-order valence-corrected chi connectivity index (χ4v) is 7.67. The maximum atomic E-state index is 6.78. The number of hydrogen-bond acceptors (Lipinski definition) is 4. The van der Waals surface area contributed by atoms with E-state index in [0.717, 1.165) is 78.4 Å². The molecule has 256 valence electrons. The van der Waals surface area contributed by atoms with Gasteiger partial charge in [0.05, 0.1) is 34.2 Å². The van der Waals surface area contributed by atoms with E-state index >= 15 is 0 Å². The first-order valence-electron chi connectivity index (χ1n) is 18.3. The van der Waals surface area contributed by atoms with Crippen molar-refractivity contribution in [3.8, 4) is 22.3 Å². The van der Waals surface area contributed by atoms with Crippen molar-refractivity contribution in [2.45, 2.75) is 6.04 Å². The van der Waals surface area contributed by atoms with Gasteiger partial charge in [0.1, 0.15) is 11.2 Å². The predicted molar refractivity (Wildman–Crippen MR) is 225 cm³/mol. The van der Waals surface area contributed by atoms with Crippen molar-refractivity contribution in [3.05, 3.63) is 211 Å². The molecule has 1 atom stereocenters. The van der Waals surface area contributed by atoms with Crippen LogP contribution in [-0.2, 0) is 0 Å². The number of para-hydroxylation sites is 2. The van der Waals surface area contributed by atoms with Gasteiger partial charge in [-0.1, -0.05) is 152 Å². The smallest absolute Gasteiger partial charge is 0.145 e. The van der Waals surface area contributed by atoms with E-state index in [4.69, 9.17) is 9.41 Å². The summed E-state index contributed by atoms with van der Waals surface area (Å²) in [4.78, 5) is 7.53. The number of nitrogens with one attached hydrogen (secondary N) is 1. The molecule has 7 aromatic carbocycles. The van der Waals surface area contributed by atoms with Gasteiger partial charge in [-0.2, -0.15) is 0 Å². The SMILES string of the molecule is C1=CC2=NC(c3ccc(-c4ccc(N(c5ccccc5)c5ccc(-c6ccccc6)cc5)c5c4oc4ccccc45)cc3)=C(c3ccccc3)NC2C=C1. The first-order chi connectivity index (χ1) is 26.8. The molecule has 54 heavy (non-hydrogen) atoms. The van der Waals surface area contributed by atoms with Gasteiger partial charge in [0, 0.05) is 27.9 Å². The molecule has 1 aromatic heterocycles. The Kier molecular flexibility index (Phi) is 7.85. The van der Waals surface area contributed by atoms with Gasteiger partial charge in [-0.3, -0.25) is 0 Å². The summed E-state index contributed by atoms with van der Waals surface area (Å²) in [7, 11) is 0. The number of nitrogens with zero attached hydrogens (tertiary/aromatic N) is 2. The molecule has 0 bridgehead atoms. The second kappa shape index (κ2) is 13.4. The minimum Gasteiger partial charge on any atom is -0.455 e. The number of hydrogen-bond donors (Lipinski definition) is 1. The van der Waals surface area contributed by atoms with Crippen LogP contribution in [0.15, 0.2) is 210 Å². The van der Waals surface area contributed by atoms with Crippen LogP contribution in [0.4, 0.5) is 17.1 Å². The highest BCUT2D eigenvalue weighted by Crippen LogP contribution is 2.46. The van der Waals surface area contributed by atoms with E-state index in [1.807, 2.05) is 18.2 Å². The Bertz CT molecular complexity index is 2760. The Balaban J connectivity index is 1.10. The standard InChI is InChI=1S/C50H35N3O/c1-4-14-34(15-5-1)35-28-30-40(31-29-35)53(39-18-8-3-9-19-39)45-33-32-41(50-47(45)42-20-10-13-23-46(42)54-50)36-24-26-38(27-25-36)49-48(37-16-6-2-7-17-37)51-43-21-11-12-22-44(43)52-49/h1-33,43,51H. The Morgan fingerprint density at radius 1 is 0.519 bits per heavy atom. The normalized spacial score (nSPS) is 14.9. The third-order valence-electron chi connectivity index (χ3n) is 10.3. The van der Waals surface area contributed by atoms with Crippen molar-refractivity contribution in [1.82, 2.24) is 5.32 Å². The van der Waals surface area contributed by atoms with E-state index < -0.39 is 0 Å². The van der Waals surface area contributed by atoms with Crippen molar-refractivity contribution < 1.29 is 4.42 Å². The van der Waals surface area contributed by atoms with E-state index in [1.54, 1.807) is 0 Å². The van der Waals surface area contributed by atoms with Crippen LogP contribution in [-0.4, -0.2) is 11.8 Å². The lowest BCUT2D eigenvalue weighted by Crippen LogP contribution is -2.37. The van der Waals surface area contributed by atoms with Crippen LogP contribution in [0.1, 0.15) is 11.1 Å². The Morgan fingerprint density at radius 2 is 1.13 bits per heavy atom. The van der Waals surface area contributed by atoms with E-state index in [0.29, 0.717) is 0 Å². The van der Waals surface area contributed by atoms with Crippen LogP contribution in [0, 0.1) is 0 Å². The molecule has 4 nitrogen and oxygen atoms in total. The summed E-state index contributed by atoms with van der Waals surface area (Å²) in [5.41, 5.74) is 14.5. The number of rotatable bonds is 7. The quantitative estimate of drug-likeness (QED) is 0.181. The van der Waals surface area contributed by atoms with Gasteiger partial charge < -0.3 is 14.6 Å². The van der Waals surface area contributed by atoms with E-state index in [2.05, 4.69) is 192 Å². The van der Waals surface area contributed by atoms with Crippen LogP contribution in [0.2, 0.25) is 0 Å². The van der Waals surface area contributed by atoms with Crippen molar-refractivity contribution in [3.63, 3.8) is 0 Å². The zero-order valence-corrected chi connectivity index (χ0v) is 29.4. The summed E-state index contributed by atoms with van der Waals surface area (Å²) < 4.78 is 6.78. The zero-order chi connectivity index (χ0) is 35.8. The van der Waals surface area contributed by atoms with Crippen LogP contribution < -0.4 is 10.2 Å². The number of fused-ring (bicyclic) bond motifs is 4. The summed E-state index contributed by atoms with van der Waals surface area (Å²) >= 11 is 0. The summed E-state index contributed by atoms with van der Waals surface area (Å²) in [6, 6.07) is 61.9. The molecule has 0 saturated heterocycles. The molecule has 2 heterocycles. The Labute approximate surface area is 314 Å². The lowest BCUT2D eigenvalue weighted by Gasteiger charge is -2.28. The fraction of sp³-hybridized carbons (Fsp3) is 0.0200. The second-order valence-corrected chi connectivity index (χ2v) is 13.6. The highest BCUT2D eigenvalue weighted by atomic mass is 16.3. The summed E-state index contributed by atoms with van der Waals surface area (Å²) in [5.74, 6) is 0. The molecule has 0 fully saturated rings. The third-order valence-corrected chi connectivity index (χ3v) is 10.3.